The zero-order chi connectivity index (χ0) is 10.1. The SMILES string of the molecule is CC(CO)NC(=O)C1CC2CCC1C2. The third-order valence-electron chi connectivity index (χ3n) is 3.74. The number of rotatable bonds is 3. The molecule has 2 aliphatic rings. The Kier molecular flexibility index (Phi) is 2.77. The van der Waals surface area contributed by atoms with Crippen molar-refractivity contribution in [3.05, 3.63) is 0 Å². The van der Waals surface area contributed by atoms with Gasteiger partial charge in [0.25, 0.3) is 0 Å². The molecule has 0 aromatic rings. The third-order valence-corrected chi connectivity index (χ3v) is 3.74. The Morgan fingerprint density at radius 2 is 2.29 bits per heavy atom. The average molecular weight is 197 g/mol. The van der Waals surface area contributed by atoms with Crippen molar-refractivity contribution in [2.75, 3.05) is 6.61 Å². The molecule has 2 fully saturated rings. The van der Waals surface area contributed by atoms with Crippen LogP contribution in [0, 0.1) is 17.8 Å². The van der Waals surface area contributed by atoms with Crippen molar-refractivity contribution in [3.8, 4) is 0 Å². The molecule has 4 unspecified atom stereocenters. The molecule has 0 heterocycles. The van der Waals surface area contributed by atoms with Crippen molar-refractivity contribution in [1.29, 1.82) is 0 Å². The minimum absolute atomic E-state index is 0.0343. The van der Waals surface area contributed by atoms with Gasteiger partial charge in [0, 0.05) is 12.0 Å². The largest absolute Gasteiger partial charge is 0.394 e. The van der Waals surface area contributed by atoms with Gasteiger partial charge in [0.15, 0.2) is 0 Å². The highest BCUT2D eigenvalue weighted by Gasteiger charge is 2.43. The summed E-state index contributed by atoms with van der Waals surface area (Å²) in [5.41, 5.74) is 0. The summed E-state index contributed by atoms with van der Waals surface area (Å²) in [6.45, 7) is 1.87. The monoisotopic (exact) mass is 197 g/mol. The summed E-state index contributed by atoms with van der Waals surface area (Å²) < 4.78 is 0. The van der Waals surface area contributed by atoms with Gasteiger partial charge < -0.3 is 10.4 Å². The number of carbonyl (C=O) groups excluding carboxylic acids is 1. The van der Waals surface area contributed by atoms with Crippen LogP contribution >= 0.6 is 0 Å². The summed E-state index contributed by atoms with van der Waals surface area (Å²) in [5, 5.41) is 11.7. The summed E-state index contributed by atoms with van der Waals surface area (Å²) in [4.78, 5) is 11.8. The number of aliphatic hydroxyl groups is 1. The van der Waals surface area contributed by atoms with Crippen LogP contribution in [0.3, 0.4) is 0 Å². The highest BCUT2D eigenvalue weighted by molar-refractivity contribution is 5.79. The lowest BCUT2D eigenvalue weighted by Gasteiger charge is -2.22. The number of fused-ring (bicyclic) bond motifs is 2. The number of nitrogens with one attached hydrogen (secondary N) is 1. The van der Waals surface area contributed by atoms with Crippen molar-refractivity contribution >= 4 is 5.91 Å². The zero-order valence-electron chi connectivity index (χ0n) is 8.70. The minimum atomic E-state index is -0.0957. The fourth-order valence-electron chi connectivity index (χ4n) is 2.96. The first-order valence-electron chi connectivity index (χ1n) is 5.62. The van der Waals surface area contributed by atoms with Crippen LogP contribution in [-0.2, 0) is 4.79 Å². The normalized spacial score (nSPS) is 37.1. The van der Waals surface area contributed by atoms with E-state index in [9.17, 15) is 4.79 Å². The van der Waals surface area contributed by atoms with Crippen LogP contribution in [0.4, 0.5) is 0 Å². The van der Waals surface area contributed by atoms with E-state index in [0.717, 1.165) is 12.3 Å². The lowest BCUT2D eigenvalue weighted by Crippen LogP contribution is -2.40. The van der Waals surface area contributed by atoms with Gasteiger partial charge >= 0.3 is 0 Å². The fraction of sp³-hybridized carbons (Fsp3) is 0.909. The predicted octanol–water partition coefficient (Wildman–Crippen LogP) is 0.920. The zero-order valence-corrected chi connectivity index (χ0v) is 8.70. The predicted molar refractivity (Wildman–Crippen MR) is 53.6 cm³/mol. The van der Waals surface area contributed by atoms with E-state index in [2.05, 4.69) is 5.32 Å². The Hall–Kier alpha value is -0.570. The second-order valence-corrected chi connectivity index (χ2v) is 4.87. The molecule has 0 aliphatic heterocycles. The molecule has 2 bridgehead atoms. The van der Waals surface area contributed by atoms with Crippen LogP contribution in [0.15, 0.2) is 0 Å². The smallest absolute Gasteiger partial charge is 0.223 e. The van der Waals surface area contributed by atoms with Crippen LogP contribution in [0.5, 0.6) is 0 Å². The molecule has 0 radical (unpaired) electrons. The number of carbonyl (C=O) groups is 1. The molecule has 3 nitrogen and oxygen atoms in total. The molecule has 2 N–H and O–H groups in total. The molecule has 0 saturated heterocycles. The van der Waals surface area contributed by atoms with Crippen molar-refractivity contribution in [2.45, 2.75) is 38.6 Å². The molecule has 2 rings (SSSR count). The maximum Gasteiger partial charge on any atom is 0.223 e. The van der Waals surface area contributed by atoms with Crippen LogP contribution < -0.4 is 5.32 Å². The van der Waals surface area contributed by atoms with E-state index in [1.807, 2.05) is 6.92 Å². The van der Waals surface area contributed by atoms with E-state index in [-0.39, 0.29) is 24.5 Å². The molecule has 3 heteroatoms. The first-order chi connectivity index (χ1) is 6.70. The second-order valence-electron chi connectivity index (χ2n) is 4.87. The van der Waals surface area contributed by atoms with Gasteiger partial charge in [0.2, 0.25) is 5.91 Å². The average Bonchev–Trinajstić information content (AvgIpc) is 2.78. The van der Waals surface area contributed by atoms with Gasteiger partial charge in [-0.1, -0.05) is 6.42 Å². The third kappa shape index (κ3) is 1.78. The quantitative estimate of drug-likeness (QED) is 0.707. The maximum absolute atomic E-state index is 11.8. The van der Waals surface area contributed by atoms with Crippen molar-refractivity contribution in [3.63, 3.8) is 0 Å². The molecular formula is C11H19NO2. The van der Waals surface area contributed by atoms with Crippen LogP contribution in [0.2, 0.25) is 0 Å². The van der Waals surface area contributed by atoms with E-state index in [0.29, 0.717) is 5.92 Å². The van der Waals surface area contributed by atoms with Crippen molar-refractivity contribution in [2.24, 2.45) is 17.8 Å². The number of hydrogen-bond donors (Lipinski definition) is 2. The molecule has 0 aromatic heterocycles. The summed E-state index contributed by atoms with van der Waals surface area (Å²) in [6.07, 6.45) is 4.89. The molecular weight excluding hydrogens is 178 g/mol. The van der Waals surface area contributed by atoms with Crippen LogP contribution in [0.25, 0.3) is 0 Å². The molecule has 0 spiro atoms. The van der Waals surface area contributed by atoms with Gasteiger partial charge in [0.1, 0.15) is 0 Å². The van der Waals surface area contributed by atoms with E-state index in [1.165, 1.54) is 19.3 Å². The first-order valence-corrected chi connectivity index (χ1v) is 5.62. The van der Waals surface area contributed by atoms with Gasteiger partial charge in [-0.2, -0.15) is 0 Å². The Balaban J connectivity index is 1.87. The summed E-state index contributed by atoms with van der Waals surface area (Å²) in [7, 11) is 0. The van der Waals surface area contributed by atoms with Crippen molar-refractivity contribution in [1.82, 2.24) is 5.32 Å². The highest BCUT2D eigenvalue weighted by atomic mass is 16.3. The van der Waals surface area contributed by atoms with E-state index >= 15 is 0 Å². The Morgan fingerprint density at radius 1 is 1.50 bits per heavy atom. The topological polar surface area (TPSA) is 49.3 Å². The molecule has 1 amide bonds. The molecule has 2 aliphatic carbocycles. The summed E-state index contributed by atoms with van der Waals surface area (Å²) >= 11 is 0. The molecule has 4 atom stereocenters. The van der Waals surface area contributed by atoms with Gasteiger partial charge in [-0.3, -0.25) is 4.79 Å². The summed E-state index contributed by atoms with van der Waals surface area (Å²) in [5.74, 6) is 1.84. The Bertz CT molecular complexity index is 229. The summed E-state index contributed by atoms with van der Waals surface area (Å²) in [6, 6.07) is -0.0957. The maximum atomic E-state index is 11.8. The Morgan fingerprint density at radius 3 is 2.79 bits per heavy atom. The second kappa shape index (κ2) is 3.89. The highest BCUT2D eigenvalue weighted by Crippen LogP contribution is 2.48. The lowest BCUT2D eigenvalue weighted by molar-refractivity contribution is -0.127. The van der Waals surface area contributed by atoms with Crippen LogP contribution in [0.1, 0.15) is 32.6 Å². The Labute approximate surface area is 84.9 Å². The lowest BCUT2D eigenvalue weighted by atomic mass is 9.88. The first kappa shape index (κ1) is 9.97. The van der Waals surface area contributed by atoms with Crippen molar-refractivity contribution < 1.29 is 9.90 Å². The number of aliphatic hydroxyl groups excluding tert-OH is 1. The van der Waals surface area contributed by atoms with Gasteiger partial charge in [0.05, 0.1) is 6.61 Å². The van der Waals surface area contributed by atoms with Gasteiger partial charge in [-0.15, -0.1) is 0 Å². The van der Waals surface area contributed by atoms with Gasteiger partial charge in [-0.05, 0) is 38.0 Å². The van der Waals surface area contributed by atoms with Crippen LogP contribution in [-0.4, -0.2) is 23.7 Å². The number of hydrogen-bond acceptors (Lipinski definition) is 2. The van der Waals surface area contributed by atoms with E-state index in [4.69, 9.17) is 5.11 Å². The fourth-order valence-corrected chi connectivity index (χ4v) is 2.96. The molecule has 2 saturated carbocycles. The minimum Gasteiger partial charge on any atom is -0.394 e. The molecule has 0 aromatic carbocycles. The molecule has 14 heavy (non-hydrogen) atoms. The molecule has 80 valence electrons. The van der Waals surface area contributed by atoms with Gasteiger partial charge in [-0.25, -0.2) is 0 Å². The van der Waals surface area contributed by atoms with E-state index < -0.39 is 0 Å². The van der Waals surface area contributed by atoms with E-state index in [1.54, 1.807) is 0 Å². The number of amides is 1. The standard InChI is InChI=1S/C11H19NO2/c1-7(6-13)12-11(14)10-5-8-2-3-9(10)4-8/h7-10,13H,2-6H2,1H3,(H,12,14).